The molecule has 4 rings (SSSR count). The molecule has 3 aromatic rings. The zero-order chi connectivity index (χ0) is 19.7. The third-order valence-electron chi connectivity index (χ3n) is 4.73. The quantitative estimate of drug-likeness (QED) is 0.687. The summed E-state index contributed by atoms with van der Waals surface area (Å²) in [4.78, 5) is 29.2. The maximum Gasteiger partial charge on any atom is 0.260 e. The second kappa shape index (κ2) is 7.10. The molecule has 1 aliphatic heterocycles. The number of ether oxygens (including phenoxy) is 1. The lowest BCUT2D eigenvalue weighted by molar-refractivity contribution is -0.124. The molecule has 0 radical (unpaired) electrons. The third kappa shape index (κ3) is 2.96. The molecule has 1 aromatic carbocycles. The predicted molar refractivity (Wildman–Crippen MR) is 97.1 cm³/mol. The van der Waals surface area contributed by atoms with E-state index in [1.54, 1.807) is 31.1 Å². The number of anilines is 1. The van der Waals surface area contributed by atoms with Crippen LogP contribution in [0.5, 0.6) is 5.75 Å². The fourth-order valence-electron chi connectivity index (χ4n) is 3.20. The van der Waals surface area contributed by atoms with Crippen LogP contribution < -0.4 is 9.64 Å². The van der Waals surface area contributed by atoms with E-state index in [0.717, 1.165) is 5.69 Å². The molecule has 144 valence electrons. The number of hydrogen-bond acceptors (Lipinski definition) is 7. The van der Waals surface area contributed by atoms with Gasteiger partial charge in [0.05, 0.1) is 13.3 Å². The summed E-state index contributed by atoms with van der Waals surface area (Å²) in [6.07, 6.45) is 2.77. The van der Waals surface area contributed by atoms with Crippen LogP contribution in [-0.4, -0.2) is 73.4 Å². The van der Waals surface area contributed by atoms with E-state index in [1.807, 2.05) is 12.1 Å². The maximum atomic E-state index is 13.1. The first kappa shape index (κ1) is 17.6. The summed E-state index contributed by atoms with van der Waals surface area (Å²) in [5.74, 6) is 0.604. The Bertz CT molecular complexity index is 982. The van der Waals surface area contributed by atoms with Gasteiger partial charge in [0.1, 0.15) is 23.7 Å². The van der Waals surface area contributed by atoms with E-state index in [1.165, 1.54) is 22.1 Å². The summed E-state index contributed by atoms with van der Waals surface area (Å²) in [5, 5.41) is 17.5. The minimum atomic E-state index is -0.625. The van der Waals surface area contributed by atoms with E-state index in [2.05, 4.69) is 25.7 Å². The van der Waals surface area contributed by atoms with Crippen LogP contribution in [0.1, 0.15) is 17.3 Å². The number of methoxy groups -OCH3 is 1. The highest BCUT2D eigenvalue weighted by Crippen LogP contribution is 2.24. The molecule has 0 spiro atoms. The zero-order valence-electron chi connectivity index (χ0n) is 15.3. The molecule has 0 aliphatic carbocycles. The number of benzene rings is 1. The topological polar surface area (TPSA) is 122 Å². The molecule has 0 bridgehead atoms. The van der Waals surface area contributed by atoms with Gasteiger partial charge in [0.25, 0.3) is 5.91 Å². The molecule has 1 atom stereocenters. The monoisotopic (exact) mass is 382 g/mol. The summed E-state index contributed by atoms with van der Waals surface area (Å²) >= 11 is 0. The first-order valence-electron chi connectivity index (χ1n) is 8.63. The highest BCUT2D eigenvalue weighted by molar-refractivity contribution is 6.04. The van der Waals surface area contributed by atoms with E-state index in [0.29, 0.717) is 30.2 Å². The summed E-state index contributed by atoms with van der Waals surface area (Å²) in [7, 11) is 1.59. The summed E-state index contributed by atoms with van der Waals surface area (Å²) in [6.45, 7) is 2.49. The number of H-pyrrole nitrogens is 1. The lowest BCUT2D eigenvalue weighted by atomic mass is 10.1. The number of aromatic nitrogens is 6. The molecule has 3 heterocycles. The number of amides is 2. The van der Waals surface area contributed by atoms with Gasteiger partial charge >= 0.3 is 0 Å². The van der Waals surface area contributed by atoms with E-state index in [9.17, 15) is 9.59 Å². The van der Waals surface area contributed by atoms with Crippen molar-refractivity contribution in [2.45, 2.75) is 13.0 Å². The number of nitrogens with one attached hydrogen (secondary N) is 1. The van der Waals surface area contributed by atoms with Crippen LogP contribution in [0.2, 0.25) is 0 Å². The van der Waals surface area contributed by atoms with Gasteiger partial charge in [-0.05, 0) is 41.6 Å². The van der Waals surface area contributed by atoms with Gasteiger partial charge in [0, 0.05) is 18.8 Å². The lowest BCUT2D eigenvalue weighted by Crippen LogP contribution is -2.57. The molecule has 1 aliphatic rings. The fourth-order valence-corrected chi connectivity index (χ4v) is 3.20. The van der Waals surface area contributed by atoms with Crippen molar-refractivity contribution in [3.05, 3.63) is 42.4 Å². The van der Waals surface area contributed by atoms with Crippen molar-refractivity contribution in [2.24, 2.45) is 0 Å². The number of tetrazole rings is 1. The number of carbonyl (C=O) groups excluding carboxylic acids is 2. The number of aromatic amines is 1. The van der Waals surface area contributed by atoms with Crippen LogP contribution >= 0.6 is 0 Å². The van der Waals surface area contributed by atoms with Gasteiger partial charge in [0.2, 0.25) is 5.91 Å². The molecule has 1 N–H and O–H groups in total. The molecule has 1 saturated heterocycles. The summed E-state index contributed by atoms with van der Waals surface area (Å²) in [6, 6.07) is 6.63. The highest BCUT2D eigenvalue weighted by atomic mass is 16.5. The Morgan fingerprint density at radius 1 is 1.25 bits per heavy atom. The van der Waals surface area contributed by atoms with Crippen molar-refractivity contribution in [1.82, 2.24) is 35.3 Å². The Morgan fingerprint density at radius 2 is 2.04 bits per heavy atom. The lowest BCUT2D eigenvalue weighted by Gasteiger charge is -2.39. The standard InChI is InChI=1S/C17H18N8O3/c1-11-16(26)24(12-3-5-13(28-2)6-4-12)8-7-23(11)17(27)14-9-18-20-15(14)25-10-19-21-22-25/h3-6,9-11H,7-8H2,1-2H3,(H,18,20)/t11-/m0/s1. The minimum Gasteiger partial charge on any atom is -0.497 e. The van der Waals surface area contributed by atoms with Gasteiger partial charge in [-0.15, -0.1) is 5.10 Å². The summed E-state index contributed by atoms with van der Waals surface area (Å²) in [5.41, 5.74) is 1.06. The summed E-state index contributed by atoms with van der Waals surface area (Å²) < 4.78 is 6.47. The number of rotatable bonds is 4. The van der Waals surface area contributed by atoms with E-state index >= 15 is 0 Å². The first-order valence-corrected chi connectivity index (χ1v) is 8.63. The van der Waals surface area contributed by atoms with Crippen LogP contribution in [0, 0.1) is 0 Å². The maximum absolute atomic E-state index is 13.1. The number of hydrogen-bond donors (Lipinski definition) is 1. The Morgan fingerprint density at radius 3 is 2.71 bits per heavy atom. The van der Waals surface area contributed by atoms with Crippen molar-refractivity contribution in [3.63, 3.8) is 0 Å². The second-order valence-corrected chi connectivity index (χ2v) is 6.25. The van der Waals surface area contributed by atoms with E-state index < -0.39 is 6.04 Å². The third-order valence-corrected chi connectivity index (χ3v) is 4.73. The Labute approximate surface area is 159 Å². The number of piperazine rings is 1. The first-order chi connectivity index (χ1) is 13.6. The molecule has 2 aromatic heterocycles. The Kier molecular flexibility index (Phi) is 4.47. The average Bonchev–Trinajstić information content (AvgIpc) is 3.41. The van der Waals surface area contributed by atoms with Crippen molar-refractivity contribution in [1.29, 1.82) is 0 Å². The van der Waals surface area contributed by atoms with Gasteiger partial charge < -0.3 is 14.5 Å². The van der Waals surface area contributed by atoms with Gasteiger partial charge in [-0.1, -0.05) is 0 Å². The Hall–Kier alpha value is -3.76. The molecule has 11 nitrogen and oxygen atoms in total. The van der Waals surface area contributed by atoms with Crippen LogP contribution in [0.15, 0.2) is 36.8 Å². The smallest absolute Gasteiger partial charge is 0.260 e. The van der Waals surface area contributed by atoms with Gasteiger partial charge in [-0.3, -0.25) is 14.7 Å². The van der Waals surface area contributed by atoms with Crippen LogP contribution in [-0.2, 0) is 4.79 Å². The largest absolute Gasteiger partial charge is 0.497 e. The minimum absolute atomic E-state index is 0.155. The van der Waals surface area contributed by atoms with Crippen LogP contribution in [0.3, 0.4) is 0 Å². The normalized spacial score (nSPS) is 17.1. The van der Waals surface area contributed by atoms with Crippen LogP contribution in [0.4, 0.5) is 5.69 Å². The molecule has 2 amide bonds. The molecule has 11 heteroatoms. The average molecular weight is 382 g/mol. The molecular formula is C17H18N8O3. The highest BCUT2D eigenvalue weighted by Gasteiger charge is 2.36. The molecule has 0 unspecified atom stereocenters. The van der Waals surface area contributed by atoms with Gasteiger partial charge in [-0.25, -0.2) is 0 Å². The molecule has 28 heavy (non-hydrogen) atoms. The van der Waals surface area contributed by atoms with E-state index in [-0.39, 0.29) is 11.8 Å². The molecule has 1 fully saturated rings. The molecular weight excluding hydrogens is 364 g/mol. The van der Waals surface area contributed by atoms with Gasteiger partial charge in [-0.2, -0.15) is 9.78 Å². The number of nitrogens with zero attached hydrogens (tertiary/aromatic N) is 7. The van der Waals surface area contributed by atoms with E-state index in [4.69, 9.17) is 4.74 Å². The Balaban J connectivity index is 1.54. The van der Waals surface area contributed by atoms with Crippen molar-refractivity contribution < 1.29 is 14.3 Å². The van der Waals surface area contributed by atoms with Gasteiger partial charge in [0.15, 0.2) is 5.82 Å². The van der Waals surface area contributed by atoms with Crippen molar-refractivity contribution in [2.75, 3.05) is 25.1 Å². The number of carbonyl (C=O) groups is 2. The van der Waals surface area contributed by atoms with Crippen molar-refractivity contribution in [3.8, 4) is 11.6 Å². The second-order valence-electron chi connectivity index (χ2n) is 6.25. The predicted octanol–water partition coefficient (Wildman–Crippen LogP) is 0.271. The SMILES string of the molecule is COc1ccc(N2CCN(C(=O)c3cn[nH]c3-n3cnnn3)[C@@H](C)C2=O)cc1. The zero-order valence-corrected chi connectivity index (χ0v) is 15.3. The molecule has 0 saturated carbocycles. The fraction of sp³-hybridized carbons (Fsp3) is 0.294. The van der Waals surface area contributed by atoms with Crippen molar-refractivity contribution >= 4 is 17.5 Å². The van der Waals surface area contributed by atoms with Crippen LogP contribution in [0.25, 0.3) is 5.82 Å².